The van der Waals surface area contributed by atoms with Crippen molar-refractivity contribution in [3.63, 3.8) is 0 Å². The second-order valence-electron chi connectivity index (χ2n) is 3.24. The molecule has 0 saturated carbocycles. The quantitative estimate of drug-likeness (QED) is 0.493. The van der Waals surface area contributed by atoms with Crippen molar-refractivity contribution < 1.29 is 0 Å². The lowest BCUT2D eigenvalue weighted by Crippen LogP contribution is -1.92. The molecule has 1 atom stereocenters. The second-order valence-corrected chi connectivity index (χ2v) is 3.24. The molecule has 10 heavy (non-hydrogen) atoms. The summed E-state index contributed by atoms with van der Waals surface area (Å²) in [5, 5.41) is 0. The van der Waals surface area contributed by atoms with E-state index in [0.29, 0.717) is 0 Å². The summed E-state index contributed by atoms with van der Waals surface area (Å²) < 4.78 is 0. The van der Waals surface area contributed by atoms with Gasteiger partial charge in [0.05, 0.1) is 0 Å². The van der Waals surface area contributed by atoms with Gasteiger partial charge in [0.15, 0.2) is 0 Å². The first-order valence-corrected chi connectivity index (χ1v) is 4.60. The standard InChI is InChI=1S/C10H21/c1-4-6-7-9-10(3)8-5-2/h10H,1,4-9H2,2-3H3. The molecule has 0 amide bonds. The largest absolute Gasteiger partial charge is 0.0654 e. The van der Waals surface area contributed by atoms with Crippen molar-refractivity contribution in [3.8, 4) is 0 Å². The fraction of sp³-hybridized carbons (Fsp3) is 0.900. The van der Waals surface area contributed by atoms with Crippen molar-refractivity contribution in [2.24, 2.45) is 5.92 Å². The highest BCUT2D eigenvalue weighted by Crippen LogP contribution is 2.13. The molecule has 0 saturated heterocycles. The lowest BCUT2D eigenvalue weighted by Gasteiger charge is -2.07. The highest BCUT2D eigenvalue weighted by atomic mass is 14.0. The van der Waals surface area contributed by atoms with Gasteiger partial charge >= 0.3 is 0 Å². The fourth-order valence-corrected chi connectivity index (χ4v) is 1.31. The molecule has 0 aromatic heterocycles. The van der Waals surface area contributed by atoms with Gasteiger partial charge in [-0.25, -0.2) is 0 Å². The lowest BCUT2D eigenvalue weighted by atomic mass is 9.99. The SMILES string of the molecule is [CH2]CCCCC(C)CCC. The first kappa shape index (κ1) is 10.0. The Balaban J connectivity index is 2.97. The normalized spacial score (nSPS) is 13.5. The summed E-state index contributed by atoms with van der Waals surface area (Å²) in [4.78, 5) is 0. The lowest BCUT2D eigenvalue weighted by molar-refractivity contribution is 0.462. The van der Waals surface area contributed by atoms with Gasteiger partial charge < -0.3 is 0 Å². The predicted molar refractivity (Wildman–Crippen MR) is 47.9 cm³/mol. The van der Waals surface area contributed by atoms with E-state index in [4.69, 9.17) is 0 Å². The van der Waals surface area contributed by atoms with Gasteiger partial charge in [-0.15, -0.1) is 0 Å². The molecule has 61 valence electrons. The van der Waals surface area contributed by atoms with Crippen LogP contribution in [0.1, 0.15) is 52.4 Å². The molecule has 0 rings (SSSR count). The molecule has 0 aromatic rings. The first-order chi connectivity index (χ1) is 4.81. The fourth-order valence-electron chi connectivity index (χ4n) is 1.31. The highest BCUT2D eigenvalue weighted by molar-refractivity contribution is 4.52. The molecule has 0 aliphatic rings. The molecule has 0 aliphatic heterocycles. The summed E-state index contributed by atoms with van der Waals surface area (Å²) in [5.41, 5.74) is 0. The van der Waals surface area contributed by atoms with Crippen LogP contribution in [0.25, 0.3) is 0 Å². The zero-order chi connectivity index (χ0) is 7.82. The molecule has 0 heterocycles. The summed E-state index contributed by atoms with van der Waals surface area (Å²) in [5.74, 6) is 0.941. The third-order valence-corrected chi connectivity index (χ3v) is 1.98. The Labute approximate surface area is 66.0 Å². The monoisotopic (exact) mass is 141 g/mol. The molecule has 0 nitrogen and oxygen atoms in total. The van der Waals surface area contributed by atoms with E-state index in [2.05, 4.69) is 20.8 Å². The van der Waals surface area contributed by atoms with Crippen LogP contribution in [0.15, 0.2) is 0 Å². The van der Waals surface area contributed by atoms with E-state index >= 15 is 0 Å². The summed E-state index contributed by atoms with van der Waals surface area (Å²) in [6.07, 6.45) is 7.95. The number of rotatable bonds is 6. The topological polar surface area (TPSA) is 0 Å². The van der Waals surface area contributed by atoms with Crippen molar-refractivity contribution >= 4 is 0 Å². The summed E-state index contributed by atoms with van der Waals surface area (Å²) >= 11 is 0. The van der Waals surface area contributed by atoms with Gasteiger partial charge in [0, 0.05) is 0 Å². The maximum atomic E-state index is 3.83. The second kappa shape index (κ2) is 7.11. The van der Waals surface area contributed by atoms with E-state index < -0.39 is 0 Å². The Morgan fingerprint density at radius 3 is 2.40 bits per heavy atom. The van der Waals surface area contributed by atoms with Gasteiger partial charge in [0.1, 0.15) is 0 Å². The minimum atomic E-state index is 0.941. The maximum Gasteiger partial charge on any atom is -0.0443 e. The van der Waals surface area contributed by atoms with Gasteiger partial charge in [-0.2, -0.15) is 0 Å². The van der Waals surface area contributed by atoms with Crippen molar-refractivity contribution in [2.45, 2.75) is 52.4 Å². The Morgan fingerprint density at radius 2 is 1.90 bits per heavy atom. The molecular weight excluding hydrogens is 120 g/mol. The van der Waals surface area contributed by atoms with Crippen LogP contribution in [0, 0.1) is 12.8 Å². The van der Waals surface area contributed by atoms with Crippen molar-refractivity contribution in [3.05, 3.63) is 6.92 Å². The van der Waals surface area contributed by atoms with Crippen molar-refractivity contribution in [2.75, 3.05) is 0 Å². The average Bonchev–Trinajstić information content (AvgIpc) is 1.89. The molecule has 1 radical (unpaired) electrons. The van der Waals surface area contributed by atoms with Crippen molar-refractivity contribution in [1.82, 2.24) is 0 Å². The number of hydrogen-bond donors (Lipinski definition) is 0. The van der Waals surface area contributed by atoms with E-state index in [1.807, 2.05) is 0 Å². The molecular formula is C10H21. The van der Waals surface area contributed by atoms with Gasteiger partial charge in [-0.05, 0) is 5.92 Å². The predicted octanol–water partition coefficient (Wildman–Crippen LogP) is 3.82. The zero-order valence-electron chi connectivity index (χ0n) is 7.53. The summed E-state index contributed by atoms with van der Waals surface area (Å²) in [6.45, 7) is 8.44. The summed E-state index contributed by atoms with van der Waals surface area (Å²) in [6, 6.07) is 0. The van der Waals surface area contributed by atoms with Crippen LogP contribution in [-0.2, 0) is 0 Å². The average molecular weight is 141 g/mol. The molecule has 0 aromatic carbocycles. The van der Waals surface area contributed by atoms with Crippen LogP contribution in [0.2, 0.25) is 0 Å². The number of hydrogen-bond acceptors (Lipinski definition) is 0. The van der Waals surface area contributed by atoms with Crippen LogP contribution >= 0.6 is 0 Å². The molecule has 0 fully saturated rings. The van der Waals surface area contributed by atoms with E-state index in [0.717, 1.165) is 12.3 Å². The molecule has 1 unspecified atom stereocenters. The van der Waals surface area contributed by atoms with E-state index in [9.17, 15) is 0 Å². The molecule has 0 bridgehead atoms. The van der Waals surface area contributed by atoms with Gasteiger partial charge in [0.25, 0.3) is 0 Å². The van der Waals surface area contributed by atoms with Gasteiger partial charge in [-0.1, -0.05) is 59.3 Å². The van der Waals surface area contributed by atoms with Crippen LogP contribution in [-0.4, -0.2) is 0 Å². The Hall–Kier alpha value is 0. The minimum absolute atomic E-state index is 0.941. The van der Waals surface area contributed by atoms with Gasteiger partial charge in [0.2, 0.25) is 0 Å². The van der Waals surface area contributed by atoms with Gasteiger partial charge in [-0.3, -0.25) is 0 Å². The van der Waals surface area contributed by atoms with Crippen LogP contribution < -0.4 is 0 Å². The Bertz CT molecular complexity index is 57.1. The summed E-state index contributed by atoms with van der Waals surface area (Å²) in [7, 11) is 0. The Kier molecular flexibility index (Phi) is 7.11. The third kappa shape index (κ3) is 6.12. The van der Waals surface area contributed by atoms with E-state index in [1.54, 1.807) is 0 Å². The highest BCUT2D eigenvalue weighted by Gasteiger charge is 1.98. The van der Waals surface area contributed by atoms with E-state index in [1.165, 1.54) is 32.1 Å². The van der Waals surface area contributed by atoms with Crippen molar-refractivity contribution in [1.29, 1.82) is 0 Å². The first-order valence-electron chi connectivity index (χ1n) is 4.60. The maximum absolute atomic E-state index is 3.83. The Morgan fingerprint density at radius 1 is 1.20 bits per heavy atom. The van der Waals surface area contributed by atoms with E-state index in [-0.39, 0.29) is 0 Å². The molecule has 0 aliphatic carbocycles. The molecule has 0 spiro atoms. The smallest absolute Gasteiger partial charge is 0.0443 e. The van der Waals surface area contributed by atoms with Crippen LogP contribution in [0.5, 0.6) is 0 Å². The minimum Gasteiger partial charge on any atom is -0.0654 e. The zero-order valence-corrected chi connectivity index (χ0v) is 7.53. The number of unbranched alkanes of at least 4 members (excludes halogenated alkanes) is 2. The third-order valence-electron chi connectivity index (χ3n) is 1.98. The van der Waals surface area contributed by atoms with Crippen LogP contribution in [0.3, 0.4) is 0 Å². The molecule has 0 N–H and O–H groups in total. The van der Waals surface area contributed by atoms with Crippen LogP contribution in [0.4, 0.5) is 0 Å². The molecule has 0 heteroatoms.